The number of hydrogen-bond acceptors (Lipinski definition) is 3. The van der Waals surface area contributed by atoms with Crippen molar-refractivity contribution >= 4 is 28.8 Å². The molecule has 0 aliphatic carbocycles. The highest BCUT2D eigenvalue weighted by Gasteiger charge is 2.05. The van der Waals surface area contributed by atoms with Gasteiger partial charge in [0.1, 0.15) is 17.3 Å². The number of hydrogen-bond donors (Lipinski definition) is 2. The first kappa shape index (κ1) is 14.4. The first-order valence-electron chi connectivity index (χ1n) is 5.78. The molecule has 0 saturated heterocycles. The van der Waals surface area contributed by atoms with Gasteiger partial charge < -0.3 is 15.8 Å². The molecule has 0 atom stereocenters. The van der Waals surface area contributed by atoms with Gasteiger partial charge in [0.2, 0.25) is 5.91 Å². The Morgan fingerprint density at radius 3 is 2.83 bits per heavy atom. The molecule has 5 heteroatoms. The first-order valence-corrected chi connectivity index (χ1v) is 6.19. The Kier molecular flexibility index (Phi) is 5.58. The van der Waals surface area contributed by atoms with E-state index in [0.29, 0.717) is 28.8 Å². The lowest BCUT2D eigenvalue weighted by molar-refractivity contribution is -0.116. The van der Waals surface area contributed by atoms with Gasteiger partial charge in [-0.15, -0.1) is 0 Å². The number of nitrogens with two attached hydrogens (primary N) is 1. The average Bonchev–Trinajstić information content (AvgIpc) is 2.25. The number of carbonyl (C=O) groups excluding carboxylic acids is 1. The Labute approximate surface area is 113 Å². The lowest BCUT2D eigenvalue weighted by Crippen LogP contribution is -2.18. The lowest BCUT2D eigenvalue weighted by Gasteiger charge is -2.09. The van der Waals surface area contributed by atoms with Gasteiger partial charge in [-0.3, -0.25) is 4.79 Å². The minimum Gasteiger partial charge on any atom is -0.486 e. The summed E-state index contributed by atoms with van der Waals surface area (Å²) in [6.45, 7) is 4.20. The fourth-order valence-electron chi connectivity index (χ4n) is 1.40. The molecule has 1 rings (SSSR count). The second kappa shape index (κ2) is 6.96. The number of nitrogens with one attached hydrogen (secondary N) is 1. The number of ether oxygens (including phenoxy) is 1. The largest absolute Gasteiger partial charge is 0.486 e. The van der Waals surface area contributed by atoms with Crippen LogP contribution in [0.4, 0.5) is 5.69 Å². The molecule has 0 radical (unpaired) electrons. The van der Waals surface area contributed by atoms with Gasteiger partial charge in [-0.2, -0.15) is 0 Å². The summed E-state index contributed by atoms with van der Waals surface area (Å²) in [5.41, 5.74) is 6.06. The molecule has 1 aromatic rings. The lowest BCUT2D eigenvalue weighted by atomic mass is 10.1. The molecule has 0 bridgehead atoms. The van der Waals surface area contributed by atoms with Gasteiger partial charge in [-0.25, -0.2) is 0 Å². The van der Waals surface area contributed by atoms with Crippen molar-refractivity contribution in [2.75, 3.05) is 11.9 Å². The van der Waals surface area contributed by atoms with Gasteiger partial charge in [-0.1, -0.05) is 32.1 Å². The van der Waals surface area contributed by atoms with E-state index in [1.807, 2.05) is 19.9 Å². The molecular formula is C13H18N2O2S. The monoisotopic (exact) mass is 266 g/mol. The van der Waals surface area contributed by atoms with Crippen LogP contribution in [0.15, 0.2) is 24.3 Å². The Morgan fingerprint density at radius 1 is 1.50 bits per heavy atom. The van der Waals surface area contributed by atoms with Crippen LogP contribution in [-0.4, -0.2) is 17.5 Å². The van der Waals surface area contributed by atoms with Crippen LogP contribution in [-0.2, 0) is 4.79 Å². The van der Waals surface area contributed by atoms with Crippen LogP contribution in [0.1, 0.15) is 20.3 Å². The van der Waals surface area contributed by atoms with Crippen molar-refractivity contribution in [1.82, 2.24) is 0 Å². The molecule has 0 heterocycles. The quantitative estimate of drug-likeness (QED) is 0.776. The fraction of sp³-hybridized carbons (Fsp3) is 0.385. The van der Waals surface area contributed by atoms with Crippen LogP contribution in [0, 0.1) is 5.92 Å². The molecule has 0 aliphatic heterocycles. The number of carbonyl (C=O) groups is 1. The van der Waals surface area contributed by atoms with Crippen molar-refractivity contribution in [3.8, 4) is 5.75 Å². The molecule has 4 nitrogen and oxygen atoms in total. The van der Waals surface area contributed by atoms with Gasteiger partial charge in [0.15, 0.2) is 0 Å². The van der Waals surface area contributed by atoms with Crippen molar-refractivity contribution < 1.29 is 9.53 Å². The van der Waals surface area contributed by atoms with E-state index in [-0.39, 0.29) is 12.5 Å². The molecule has 1 amide bonds. The van der Waals surface area contributed by atoms with Crippen LogP contribution in [0.3, 0.4) is 0 Å². The highest BCUT2D eigenvalue weighted by Crippen LogP contribution is 2.17. The number of benzene rings is 1. The third-order valence-electron chi connectivity index (χ3n) is 2.09. The van der Waals surface area contributed by atoms with Crippen molar-refractivity contribution in [3.05, 3.63) is 24.3 Å². The maximum atomic E-state index is 11.6. The molecule has 0 spiro atoms. The van der Waals surface area contributed by atoms with Crippen molar-refractivity contribution in [2.45, 2.75) is 20.3 Å². The summed E-state index contributed by atoms with van der Waals surface area (Å²) in [6.07, 6.45) is 0.498. The van der Waals surface area contributed by atoms with Crippen LogP contribution in [0.2, 0.25) is 0 Å². The highest BCUT2D eigenvalue weighted by atomic mass is 32.1. The smallest absolute Gasteiger partial charge is 0.224 e. The number of rotatable bonds is 6. The molecule has 0 aliphatic rings. The summed E-state index contributed by atoms with van der Waals surface area (Å²) in [5, 5.41) is 2.82. The summed E-state index contributed by atoms with van der Waals surface area (Å²) < 4.78 is 5.35. The molecule has 0 fully saturated rings. The first-order chi connectivity index (χ1) is 8.47. The van der Waals surface area contributed by atoms with E-state index >= 15 is 0 Å². The van der Waals surface area contributed by atoms with Crippen molar-refractivity contribution in [1.29, 1.82) is 0 Å². The van der Waals surface area contributed by atoms with Gasteiger partial charge >= 0.3 is 0 Å². The SMILES string of the molecule is CC(C)CC(=O)Nc1cccc(OCC(N)=S)c1. The average molecular weight is 266 g/mol. The zero-order valence-corrected chi connectivity index (χ0v) is 11.4. The topological polar surface area (TPSA) is 64.3 Å². The van der Waals surface area contributed by atoms with E-state index in [4.69, 9.17) is 22.7 Å². The standard InChI is InChI=1S/C13H18N2O2S/c1-9(2)6-13(16)15-10-4-3-5-11(7-10)17-8-12(14)18/h3-5,7,9H,6,8H2,1-2H3,(H2,14,18)(H,15,16). The van der Waals surface area contributed by atoms with Crippen LogP contribution < -0.4 is 15.8 Å². The summed E-state index contributed by atoms with van der Waals surface area (Å²) in [6, 6.07) is 7.15. The van der Waals surface area contributed by atoms with E-state index in [1.165, 1.54) is 0 Å². The molecule has 1 aromatic carbocycles. The fourth-order valence-corrected chi connectivity index (χ4v) is 1.46. The Bertz CT molecular complexity index is 433. The molecule has 98 valence electrons. The van der Waals surface area contributed by atoms with E-state index < -0.39 is 0 Å². The van der Waals surface area contributed by atoms with Crippen LogP contribution in [0.25, 0.3) is 0 Å². The molecule has 18 heavy (non-hydrogen) atoms. The van der Waals surface area contributed by atoms with Gasteiger partial charge in [0.05, 0.1) is 0 Å². The van der Waals surface area contributed by atoms with E-state index in [1.54, 1.807) is 18.2 Å². The Balaban J connectivity index is 2.59. The molecule has 0 aromatic heterocycles. The zero-order chi connectivity index (χ0) is 13.5. The number of thiocarbonyl (C=S) groups is 1. The van der Waals surface area contributed by atoms with E-state index in [0.717, 1.165) is 0 Å². The second-order valence-electron chi connectivity index (χ2n) is 4.43. The minimum atomic E-state index is -0.00324. The van der Waals surface area contributed by atoms with Gasteiger partial charge in [-0.05, 0) is 18.1 Å². The zero-order valence-electron chi connectivity index (χ0n) is 10.6. The summed E-state index contributed by atoms with van der Waals surface area (Å²) in [5.74, 6) is 0.959. The number of anilines is 1. The molecule has 0 saturated carbocycles. The Hall–Kier alpha value is -1.62. The minimum absolute atomic E-state index is 0.00324. The summed E-state index contributed by atoms with van der Waals surface area (Å²) >= 11 is 4.73. The summed E-state index contributed by atoms with van der Waals surface area (Å²) in [4.78, 5) is 11.9. The van der Waals surface area contributed by atoms with E-state index in [9.17, 15) is 4.79 Å². The third kappa shape index (κ3) is 5.63. The van der Waals surface area contributed by atoms with Gasteiger partial charge in [0.25, 0.3) is 0 Å². The summed E-state index contributed by atoms with van der Waals surface area (Å²) in [7, 11) is 0. The van der Waals surface area contributed by atoms with Gasteiger partial charge in [0, 0.05) is 18.2 Å². The third-order valence-corrected chi connectivity index (χ3v) is 2.21. The van der Waals surface area contributed by atoms with Crippen LogP contribution >= 0.6 is 12.2 Å². The predicted molar refractivity (Wildman–Crippen MR) is 76.8 cm³/mol. The predicted octanol–water partition coefficient (Wildman–Crippen LogP) is 2.34. The highest BCUT2D eigenvalue weighted by molar-refractivity contribution is 7.80. The van der Waals surface area contributed by atoms with Crippen molar-refractivity contribution in [3.63, 3.8) is 0 Å². The maximum Gasteiger partial charge on any atom is 0.224 e. The molecular weight excluding hydrogens is 248 g/mol. The maximum absolute atomic E-state index is 11.6. The second-order valence-corrected chi connectivity index (χ2v) is 4.95. The number of amides is 1. The normalized spacial score (nSPS) is 10.2. The van der Waals surface area contributed by atoms with Crippen molar-refractivity contribution in [2.24, 2.45) is 11.7 Å². The molecule has 0 unspecified atom stereocenters. The molecule has 3 N–H and O–H groups in total. The van der Waals surface area contributed by atoms with E-state index in [2.05, 4.69) is 5.32 Å². The van der Waals surface area contributed by atoms with Crippen LogP contribution in [0.5, 0.6) is 5.75 Å². The Morgan fingerprint density at radius 2 is 2.22 bits per heavy atom.